The Bertz CT molecular complexity index is 1020. The Balaban J connectivity index is 1.35. The summed E-state index contributed by atoms with van der Waals surface area (Å²) < 4.78 is 6.72. The van der Waals surface area contributed by atoms with Gasteiger partial charge in [-0.05, 0) is 42.0 Å². The monoisotopic (exact) mass is 427 g/mol. The molecule has 1 saturated heterocycles. The van der Waals surface area contributed by atoms with Gasteiger partial charge in [-0.25, -0.2) is 0 Å². The average molecular weight is 428 g/mol. The molecule has 29 heavy (non-hydrogen) atoms. The molecule has 3 aromatic rings. The molecular weight excluding hydrogens is 410 g/mol. The maximum Gasteiger partial charge on any atom is 0.319 e. The Morgan fingerprint density at radius 3 is 2.66 bits per heavy atom. The molecule has 0 unspecified atom stereocenters. The number of hydrogen-bond acceptors (Lipinski definition) is 5. The first-order valence-corrected chi connectivity index (χ1v) is 10.3. The average Bonchev–Trinajstić information content (AvgIpc) is 3.33. The molecule has 8 heteroatoms. The molecule has 1 N–H and O–H groups in total. The minimum Gasteiger partial charge on any atom is -0.465 e. The van der Waals surface area contributed by atoms with Gasteiger partial charge < -0.3 is 10.1 Å². The molecule has 1 aliphatic heterocycles. The smallest absolute Gasteiger partial charge is 0.319 e. The number of aromatic nitrogens is 2. The van der Waals surface area contributed by atoms with Crippen LogP contribution in [-0.2, 0) is 16.1 Å². The summed E-state index contributed by atoms with van der Waals surface area (Å²) >= 11 is 7.36. The fourth-order valence-electron chi connectivity index (χ4n) is 2.93. The van der Waals surface area contributed by atoms with Crippen LogP contribution in [0.25, 0.3) is 0 Å². The summed E-state index contributed by atoms with van der Waals surface area (Å²) in [6.45, 7) is 1.06. The quantitative estimate of drug-likeness (QED) is 0.595. The number of ether oxygens (including phenoxy) is 1. The standard InChI is InChI=1S/C21H18ClN3O3S/c22-16-5-1-14(2-6-16)12-25-13-17(11-23-25)24-20(26)15-3-7-18(8-4-15)29-19-9-10-28-21(19)27/h1-8,11,13,19H,9-10,12H2,(H,24,26)/t19-/m0/s1. The fraction of sp³-hybridized carbons (Fsp3) is 0.190. The van der Waals surface area contributed by atoms with Crippen molar-refractivity contribution in [2.75, 3.05) is 11.9 Å². The summed E-state index contributed by atoms with van der Waals surface area (Å²) in [7, 11) is 0. The molecule has 0 bridgehead atoms. The van der Waals surface area contributed by atoms with Crippen LogP contribution in [0.5, 0.6) is 0 Å². The van der Waals surface area contributed by atoms with Crippen molar-refractivity contribution < 1.29 is 14.3 Å². The Morgan fingerprint density at radius 2 is 1.97 bits per heavy atom. The van der Waals surface area contributed by atoms with Gasteiger partial charge in [0.2, 0.25) is 0 Å². The zero-order chi connectivity index (χ0) is 20.2. The molecular formula is C21H18ClN3O3S. The van der Waals surface area contributed by atoms with Crippen molar-refractivity contribution in [1.82, 2.24) is 9.78 Å². The summed E-state index contributed by atoms with van der Waals surface area (Å²) in [5.74, 6) is -0.389. The molecule has 0 radical (unpaired) electrons. The number of carbonyl (C=O) groups is 2. The van der Waals surface area contributed by atoms with Crippen LogP contribution in [0, 0.1) is 0 Å². The van der Waals surface area contributed by atoms with Gasteiger partial charge in [0.05, 0.1) is 25.0 Å². The maximum atomic E-state index is 12.5. The van der Waals surface area contributed by atoms with Crippen LogP contribution < -0.4 is 5.32 Å². The minimum absolute atomic E-state index is 0.166. The topological polar surface area (TPSA) is 73.2 Å². The van der Waals surface area contributed by atoms with Gasteiger partial charge in [-0.1, -0.05) is 23.7 Å². The number of nitrogens with zero attached hydrogens (tertiary/aromatic N) is 2. The summed E-state index contributed by atoms with van der Waals surface area (Å²) in [5, 5.41) is 7.65. The van der Waals surface area contributed by atoms with Gasteiger partial charge in [0.25, 0.3) is 5.91 Å². The third-order valence-corrected chi connectivity index (χ3v) is 5.94. The molecule has 1 aliphatic rings. The van der Waals surface area contributed by atoms with E-state index in [1.54, 1.807) is 29.2 Å². The number of amides is 1. The summed E-state index contributed by atoms with van der Waals surface area (Å²) in [4.78, 5) is 25.0. The lowest BCUT2D eigenvalue weighted by Crippen LogP contribution is -2.11. The van der Waals surface area contributed by atoms with Crippen LogP contribution in [-0.4, -0.2) is 33.5 Å². The van der Waals surface area contributed by atoms with Gasteiger partial charge in [-0.15, -0.1) is 11.8 Å². The van der Waals surface area contributed by atoms with Gasteiger partial charge in [0, 0.05) is 28.1 Å². The number of halogens is 1. The van der Waals surface area contributed by atoms with E-state index >= 15 is 0 Å². The number of thioether (sulfide) groups is 1. The number of anilines is 1. The molecule has 0 spiro atoms. The minimum atomic E-state index is -0.215. The van der Waals surface area contributed by atoms with E-state index in [1.807, 2.05) is 36.4 Å². The van der Waals surface area contributed by atoms with Crippen LogP contribution >= 0.6 is 23.4 Å². The predicted molar refractivity (Wildman–Crippen MR) is 112 cm³/mol. The normalized spacial score (nSPS) is 15.9. The lowest BCUT2D eigenvalue weighted by Gasteiger charge is -2.07. The first-order valence-electron chi connectivity index (χ1n) is 9.08. The van der Waals surface area contributed by atoms with Crippen molar-refractivity contribution in [3.8, 4) is 0 Å². The van der Waals surface area contributed by atoms with Crippen LogP contribution in [0.3, 0.4) is 0 Å². The summed E-state index contributed by atoms with van der Waals surface area (Å²) in [5.41, 5.74) is 2.22. The number of cyclic esters (lactones) is 1. The SMILES string of the molecule is O=C(Nc1cnn(Cc2ccc(Cl)cc2)c1)c1ccc(S[C@H]2CCOC2=O)cc1. The Kier molecular flexibility index (Phi) is 5.87. The van der Waals surface area contributed by atoms with Crippen molar-refractivity contribution in [2.45, 2.75) is 23.1 Å². The second kappa shape index (κ2) is 8.71. The van der Waals surface area contributed by atoms with E-state index in [4.69, 9.17) is 16.3 Å². The number of esters is 1. The number of carbonyl (C=O) groups excluding carboxylic acids is 2. The summed E-state index contributed by atoms with van der Waals surface area (Å²) in [6.07, 6.45) is 4.11. The summed E-state index contributed by atoms with van der Waals surface area (Å²) in [6, 6.07) is 14.7. The van der Waals surface area contributed by atoms with E-state index in [9.17, 15) is 9.59 Å². The first-order chi connectivity index (χ1) is 14.1. The Hall–Kier alpha value is -2.77. The number of benzene rings is 2. The second-order valence-electron chi connectivity index (χ2n) is 6.59. The molecule has 2 heterocycles. The van der Waals surface area contributed by atoms with E-state index in [-0.39, 0.29) is 17.1 Å². The van der Waals surface area contributed by atoms with E-state index in [2.05, 4.69) is 10.4 Å². The molecule has 1 fully saturated rings. The second-order valence-corrected chi connectivity index (χ2v) is 8.31. The van der Waals surface area contributed by atoms with Crippen LogP contribution in [0.1, 0.15) is 22.3 Å². The molecule has 0 aliphatic carbocycles. The third-order valence-electron chi connectivity index (χ3n) is 4.43. The molecule has 6 nitrogen and oxygen atoms in total. The van der Waals surface area contributed by atoms with E-state index in [0.29, 0.717) is 35.8 Å². The Labute approximate surface area is 177 Å². The fourth-order valence-corrected chi connectivity index (χ4v) is 4.05. The molecule has 0 saturated carbocycles. The molecule has 4 rings (SSSR count). The first kappa shape index (κ1) is 19.5. The van der Waals surface area contributed by atoms with Crippen molar-refractivity contribution in [3.63, 3.8) is 0 Å². The van der Waals surface area contributed by atoms with Gasteiger partial charge >= 0.3 is 5.97 Å². The van der Waals surface area contributed by atoms with Crippen molar-refractivity contribution in [3.05, 3.63) is 77.1 Å². The molecule has 1 atom stereocenters. The largest absolute Gasteiger partial charge is 0.465 e. The lowest BCUT2D eigenvalue weighted by molar-refractivity contribution is -0.137. The maximum absolute atomic E-state index is 12.5. The van der Waals surface area contributed by atoms with Crippen molar-refractivity contribution in [1.29, 1.82) is 0 Å². The highest BCUT2D eigenvalue weighted by atomic mass is 35.5. The van der Waals surface area contributed by atoms with Gasteiger partial charge in [-0.3, -0.25) is 14.3 Å². The van der Waals surface area contributed by atoms with Crippen LogP contribution in [0.2, 0.25) is 5.02 Å². The zero-order valence-corrected chi connectivity index (χ0v) is 16.9. The molecule has 2 aromatic carbocycles. The lowest BCUT2D eigenvalue weighted by atomic mass is 10.2. The molecule has 1 amide bonds. The number of hydrogen-bond donors (Lipinski definition) is 1. The van der Waals surface area contributed by atoms with E-state index in [0.717, 1.165) is 10.5 Å². The predicted octanol–water partition coefficient (Wildman–Crippen LogP) is 4.24. The highest BCUT2D eigenvalue weighted by Crippen LogP contribution is 2.29. The highest BCUT2D eigenvalue weighted by molar-refractivity contribution is 8.00. The van der Waals surface area contributed by atoms with Gasteiger partial charge in [-0.2, -0.15) is 5.10 Å². The van der Waals surface area contributed by atoms with Crippen molar-refractivity contribution in [2.24, 2.45) is 0 Å². The van der Waals surface area contributed by atoms with Crippen molar-refractivity contribution >= 4 is 40.9 Å². The zero-order valence-electron chi connectivity index (χ0n) is 15.4. The number of nitrogens with one attached hydrogen (secondary N) is 1. The van der Waals surface area contributed by atoms with Gasteiger partial charge in [0.1, 0.15) is 5.25 Å². The van der Waals surface area contributed by atoms with Crippen LogP contribution in [0.15, 0.2) is 65.8 Å². The Morgan fingerprint density at radius 1 is 1.21 bits per heavy atom. The van der Waals surface area contributed by atoms with Crippen LogP contribution in [0.4, 0.5) is 5.69 Å². The molecule has 148 valence electrons. The highest BCUT2D eigenvalue weighted by Gasteiger charge is 2.27. The third kappa shape index (κ3) is 4.99. The van der Waals surface area contributed by atoms with E-state index in [1.165, 1.54) is 11.8 Å². The number of rotatable bonds is 6. The molecule has 1 aromatic heterocycles. The van der Waals surface area contributed by atoms with E-state index < -0.39 is 0 Å². The van der Waals surface area contributed by atoms with Gasteiger partial charge in [0.15, 0.2) is 0 Å².